The first-order valence-corrected chi connectivity index (χ1v) is 11.5. The zero-order valence-electron chi connectivity index (χ0n) is 18.6. The topological polar surface area (TPSA) is 76.6 Å². The minimum Gasteiger partial charge on any atom is -0.457 e. The van der Waals surface area contributed by atoms with Gasteiger partial charge >= 0.3 is 0 Å². The van der Waals surface area contributed by atoms with Gasteiger partial charge in [0.1, 0.15) is 17.3 Å². The molecule has 3 aromatic rings. The van der Waals surface area contributed by atoms with Crippen LogP contribution in [0.5, 0.6) is 11.5 Å². The van der Waals surface area contributed by atoms with Crippen molar-refractivity contribution in [2.45, 2.75) is 26.2 Å². The highest BCUT2D eigenvalue weighted by Crippen LogP contribution is 2.33. The lowest BCUT2D eigenvalue weighted by molar-refractivity contribution is 0.0664. The highest BCUT2D eigenvalue weighted by atomic mass is 32.1. The molecule has 0 bridgehead atoms. The Hall–Kier alpha value is -2.97. The molecule has 0 unspecified atom stereocenters. The van der Waals surface area contributed by atoms with Crippen LogP contribution in [-0.4, -0.2) is 47.5 Å². The number of aromatic nitrogens is 2. The van der Waals surface area contributed by atoms with Gasteiger partial charge in [-0.3, -0.25) is 4.79 Å². The number of benzene rings is 2. The van der Waals surface area contributed by atoms with Gasteiger partial charge in [-0.05, 0) is 80.1 Å². The van der Waals surface area contributed by atoms with Gasteiger partial charge in [-0.25, -0.2) is 4.98 Å². The fourth-order valence-electron chi connectivity index (χ4n) is 3.70. The first kappa shape index (κ1) is 22.2. The molecule has 1 aromatic heterocycles. The van der Waals surface area contributed by atoms with Crippen LogP contribution in [0.25, 0.3) is 0 Å². The summed E-state index contributed by atoms with van der Waals surface area (Å²) in [6.45, 7) is 3.50. The Morgan fingerprint density at radius 1 is 1.19 bits per heavy atom. The third-order valence-electron chi connectivity index (χ3n) is 5.42. The normalized spacial score (nSPS) is 14.2. The van der Waals surface area contributed by atoms with Crippen LogP contribution >= 0.6 is 11.5 Å². The molecule has 4 rings (SSSR count). The van der Waals surface area contributed by atoms with Crippen molar-refractivity contribution in [3.05, 3.63) is 59.4 Å². The minimum absolute atomic E-state index is 0.0286. The number of rotatable bonds is 7. The number of hydrogen-bond acceptors (Lipinski definition) is 7. The Balaban J connectivity index is 1.55. The molecule has 0 radical (unpaired) electrons. The molecular weight excluding hydrogens is 424 g/mol. The predicted molar refractivity (Wildman–Crippen MR) is 126 cm³/mol. The summed E-state index contributed by atoms with van der Waals surface area (Å²) in [4.78, 5) is 18.1. The molecule has 1 fully saturated rings. The summed E-state index contributed by atoms with van der Waals surface area (Å²) in [7, 11) is 3.49. The van der Waals surface area contributed by atoms with Crippen molar-refractivity contribution in [2.75, 3.05) is 32.6 Å². The predicted octanol–water partition coefficient (Wildman–Crippen LogP) is 5.05. The molecule has 0 spiro atoms. The Kier molecular flexibility index (Phi) is 7.02. The molecule has 7 nitrogen and oxygen atoms in total. The molecular formula is C24H28N4O3S. The second kappa shape index (κ2) is 10.1. The Morgan fingerprint density at radius 2 is 1.94 bits per heavy atom. The number of nitrogens with one attached hydrogen (secondary N) is 1. The highest BCUT2D eigenvalue weighted by Gasteiger charge is 2.18. The van der Waals surface area contributed by atoms with E-state index in [-0.39, 0.29) is 5.91 Å². The quantitative estimate of drug-likeness (QED) is 0.540. The van der Waals surface area contributed by atoms with Crippen molar-refractivity contribution in [1.29, 1.82) is 0 Å². The summed E-state index contributed by atoms with van der Waals surface area (Å²) in [5, 5.41) is 4.12. The van der Waals surface area contributed by atoms with E-state index < -0.39 is 0 Å². The van der Waals surface area contributed by atoms with E-state index in [1.54, 1.807) is 31.1 Å². The molecule has 1 N–H and O–H groups in total. The van der Waals surface area contributed by atoms with Crippen molar-refractivity contribution >= 4 is 28.3 Å². The molecule has 1 amide bonds. The number of hydrogen-bond donors (Lipinski definition) is 1. The number of carbonyl (C=O) groups is 1. The maximum absolute atomic E-state index is 12.1. The molecule has 1 aliphatic heterocycles. The third-order valence-corrected chi connectivity index (χ3v) is 6.15. The summed E-state index contributed by atoms with van der Waals surface area (Å²) < 4.78 is 16.0. The Morgan fingerprint density at radius 3 is 2.59 bits per heavy atom. The van der Waals surface area contributed by atoms with Crippen LogP contribution in [0, 0.1) is 12.8 Å². The second-order valence-electron chi connectivity index (χ2n) is 8.18. The number of amides is 1. The van der Waals surface area contributed by atoms with Crippen molar-refractivity contribution in [2.24, 2.45) is 5.92 Å². The summed E-state index contributed by atoms with van der Waals surface area (Å²) in [6, 6.07) is 13.4. The van der Waals surface area contributed by atoms with E-state index in [1.165, 1.54) is 11.5 Å². The summed E-state index contributed by atoms with van der Waals surface area (Å²) in [5.41, 5.74) is 2.73. The lowest BCUT2D eigenvalue weighted by Gasteiger charge is -2.23. The van der Waals surface area contributed by atoms with E-state index in [4.69, 9.17) is 9.47 Å². The molecule has 1 aliphatic rings. The van der Waals surface area contributed by atoms with E-state index >= 15 is 0 Å². The van der Waals surface area contributed by atoms with Crippen molar-refractivity contribution in [1.82, 2.24) is 14.3 Å². The fraction of sp³-hybridized carbons (Fsp3) is 0.375. The number of nitrogens with zero attached hydrogens (tertiary/aromatic N) is 3. The second-order valence-corrected chi connectivity index (χ2v) is 8.93. The zero-order chi connectivity index (χ0) is 22.5. The largest absolute Gasteiger partial charge is 0.457 e. The maximum atomic E-state index is 12.1. The van der Waals surface area contributed by atoms with Crippen molar-refractivity contribution in [3.8, 4) is 11.5 Å². The molecule has 2 heterocycles. The van der Waals surface area contributed by atoms with Crippen molar-refractivity contribution in [3.63, 3.8) is 0 Å². The van der Waals surface area contributed by atoms with Gasteiger partial charge in [-0.15, -0.1) is 0 Å². The summed E-state index contributed by atoms with van der Waals surface area (Å²) in [6.07, 6.45) is 3.02. The van der Waals surface area contributed by atoms with E-state index in [0.717, 1.165) is 60.4 Å². The van der Waals surface area contributed by atoms with Gasteiger partial charge in [0.25, 0.3) is 5.91 Å². The van der Waals surface area contributed by atoms with Gasteiger partial charge in [0.15, 0.2) is 0 Å². The molecule has 2 aromatic carbocycles. The first-order chi connectivity index (χ1) is 15.5. The third kappa shape index (κ3) is 5.63. The van der Waals surface area contributed by atoms with E-state index in [1.807, 2.05) is 31.2 Å². The average molecular weight is 453 g/mol. The van der Waals surface area contributed by atoms with Crippen LogP contribution in [0.15, 0.2) is 42.5 Å². The number of ether oxygens (including phenoxy) is 2. The van der Waals surface area contributed by atoms with Crippen LogP contribution in [0.2, 0.25) is 0 Å². The Bertz CT molecular complexity index is 1060. The number of carbonyl (C=O) groups excluding carboxylic acids is 1. The molecule has 0 aliphatic carbocycles. The fourth-order valence-corrected chi connectivity index (χ4v) is 4.30. The monoisotopic (exact) mass is 452 g/mol. The zero-order valence-corrected chi connectivity index (χ0v) is 19.4. The molecule has 0 saturated carbocycles. The van der Waals surface area contributed by atoms with Gasteiger partial charge in [0.05, 0.1) is 0 Å². The van der Waals surface area contributed by atoms with E-state index in [0.29, 0.717) is 17.2 Å². The molecule has 168 valence electrons. The van der Waals surface area contributed by atoms with Gasteiger partial charge in [0.2, 0.25) is 5.13 Å². The van der Waals surface area contributed by atoms with Crippen LogP contribution in [-0.2, 0) is 11.2 Å². The van der Waals surface area contributed by atoms with Crippen LogP contribution < -0.4 is 10.1 Å². The highest BCUT2D eigenvalue weighted by molar-refractivity contribution is 7.09. The van der Waals surface area contributed by atoms with Crippen LogP contribution in [0.4, 0.5) is 10.8 Å². The smallest absolute Gasteiger partial charge is 0.253 e. The maximum Gasteiger partial charge on any atom is 0.253 e. The van der Waals surface area contributed by atoms with Crippen molar-refractivity contribution < 1.29 is 14.3 Å². The van der Waals surface area contributed by atoms with E-state index in [9.17, 15) is 4.79 Å². The number of aryl methyl sites for hydroxylation is 1. The van der Waals surface area contributed by atoms with Gasteiger partial charge < -0.3 is 19.7 Å². The SMILES string of the molecule is Cc1nsc(Nc2ccc(Oc3ccc(C(=O)N(C)C)cc3)c(CC3CCOCC3)c2)n1. The average Bonchev–Trinajstić information content (AvgIpc) is 3.20. The minimum atomic E-state index is -0.0286. The molecule has 1 saturated heterocycles. The molecule has 0 atom stereocenters. The van der Waals surface area contributed by atoms with Gasteiger partial charge in [-0.1, -0.05) is 0 Å². The Labute approximate surface area is 192 Å². The lowest BCUT2D eigenvalue weighted by Crippen LogP contribution is -2.21. The summed E-state index contributed by atoms with van der Waals surface area (Å²) >= 11 is 1.35. The van der Waals surface area contributed by atoms with E-state index in [2.05, 4.69) is 20.7 Å². The summed E-state index contributed by atoms with van der Waals surface area (Å²) in [5.74, 6) is 2.82. The lowest BCUT2D eigenvalue weighted by atomic mass is 9.92. The van der Waals surface area contributed by atoms with Crippen LogP contribution in [0.1, 0.15) is 34.6 Å². The molecule has 8 heteroatoms. The van der Waals surface area contributed by atoms with Crippen LogP contribution in [0.3, 0.4) is 0 Å². The van der Waals surface area contributed by atoms with Gasteiger partial charge in [-0.2, -0.15) is 4.37 Å². The molecule has 32 heavy (non-hydrogen) atoms. The standard InChI is InChI=1S/C24H28N4O3S/c1-16-25-24(32-27-16)26-20-6-9-22(19(15-20)14-17-10-12-30-13-11-17)31-21-7-4-18(5-8-21)23(29)28(2)3/h4-9,15,17H,10-14H2,1-3H3,(H,25,26,27). The van der Waals surface area contributed by atoms with Gasteiger partial charge in [0, 0.05) is 50.1 Å². The first-order valence-electron chi connectivity index (χ1n) is 10.8. The number of anilines is 2.